The third-order valence-electron chi connectivity index (χ3n) is 4.91. The van der Waals surface area contributed by atoms with Crippen LogP contribution in [0.3, 0.4) is 0 Å². The Morgan fingerprint density at radius 3 is 2.42 bits per heavy atom. The fraction of sp³-hybridized carbons (Fsp3) is 0.120. The highest BCUT2D eigenvalue weighted by atomic mass is 32.2. The van der Waals surface area contributed by atoms with Crippen LogP contribution < -0.4 is 14.6 Å². The number of carbonyl (C=O) groups is 1. The van der Waals surface area contributed by atoms with Crippen LogP contribution in [0, 0.1) is 6.92 Å². The topological polar surface area (TPSA) is 58.0 Å². The fourth-order valence-electron chi connectivity index (χ4n) is 3.23. The first-order chi connectivity index (χ1) is 15.1. The van der Waals surface area contributed by atoms with E-state index >= 15 is 0 Å². The zero-order valence-corrected chi connectivity index (χ0v) is 18.3. The Labute approximate surface area is 186 Å². The fourth-order valence-corrected chi connectivity index (χ4v) is 4.05. The molecular formula is C25H24N3O2S+. The minimum atomic E-state index is -0.0450. The zero-order chi connectivity index (χ0) is 21.6. The predicted molar refractivity (Wildman–Crippen MR) is 125 cm³/mol. The van der Waals surface area contributed by atoms with E-state index in [1.165, 1.54) is 11.8 Å². The van der Waals surface area contributed by atoms with Crippen LogP contribution in [0.5, 0.6) is 5.75 Å². The number of para-hydroxylation sites is 1. The van der Waals surface area contributed by atoms with Crippen LogP contribution in [-0.4, -0.2) is 23.8 Å². The van der Waals surface area contributed by atoms with Gasteiger partial charge in [-0.15, -0.1) is 0 Å². The molecule has 0 aliphatic heterocycles. The molecule has 0 atom stereocenters. The Kier molecular flexibility index (Phi) is 6.38. The van der Waals surface area contributed by atoms with E-state index in [0.717, 1.165) is 39.1 Å². The van der Waals surface area contributed by atoms with E-state index in [2.05, 4.69) is 33.2 Å². The Bertz CT molecular complexity index is 1170. The minimum Gasteiger partial charge on any atom is -0.497 e. The van der Waals surface area contributed by atoms with Gasteiger partial charge in [-0.25, -0.2) is 4.98 Å². The second kappa shape index (κ2) is 9.53. The molecule has 4 rings (SSSR count). The summed E-state index contributed by atoms with van der Waals surface area (Å²) in [6.45, 7) is 1.98. The van der Waals surface area contributed by atoms with Gasteiger partial charge in [0.1, 0.15) is 17.6 Å². The third kappa shape index (κ3) is 4.98. The molecule has 4 aromatic rings. The molecule has 0 saturated carbocycles. The number of nitrogens with zero attached hydrogens (tertiary/aromatic N) is 1. The second-order valence-corrected chi connectivity index (χ2v) is 8.02. The van der Waals surface area contributed by atoms with E-state index < -0.39 is 0 Å². The number of carbonyl (C=O) groups excluding carboxylic acids is 1. The average Bonchev–Trinajstić information content (AvgIpc) is 3.24. The quantitative estimate of drug-likeness (QED) is 0.320. The molecule has 5 nitrogen and oxygen atoms in total. The number of methoxy groups -OCH3 is 1. The minimum absolute atomic E-state index is 0.0450. The average molecular weight is 431 g/mol. The molecule has 0 radical (unpaired) electrons. The molecule has 1 aromatic heterocycles. The maximum Gasteiger partial charge on any atom is 0.321 e. The molecule has 6 heteroatoms. The number of hydrogen-bond acceptors (Lipinski definition) is 3. The number of imidazole rings is 1. The Balaban J connectivity index is 1.58. The number of benzene rings is 3. The number of aryl methyl sites for hydroxylation is 1. The normalized spacial score (nSPS) is 10.6. The summed E-state index contributed by atoms with van der Waals surface area (Å²) in [5, 5.41) is 3.87. The van der Waals surface area contributed by atoms with Gasteiger partial charge in [-0.1, -0.05) is 48.5 Å². The van der Waals surface area contributed by atoms with Crippen LogP contribution in [-0.2, 0) is 4.79 Å². The Hall–Kier alpha value is -3.51. The smallest absolute Gasteiger partial charge is 0.321 e. The van der Waals surface area contributed by atoms with Crippen LogP contribution in [0.4, 0.5) is 5.69 Å². The molecule has 0 bridgehead atoms. The van der Waals surface area contributed by atoms with Gasteiger partial charge in [0, 0.05) is 11.3 Å². The number of nitrogens with one attached hydrogen (secondary N) is 2. The van der Waals surface area contributed by atoms with Gasteiger partial charge in [-0.3, -0.25) is 4.79 Å². The van der Waals surface area contributed by atoms with Crippen molar-refractivity contribution in [2.24, 2.45) is 0 Å². The van der Waals surface area contributed by atoms with Crippen LogP contribution >= 0.6 is 11.8 Å². The lowest BCUT2D eigenvalue weighted by Gasteiger charge is -2.07. The molecule has 2 N–H and O–H groups in total. The summed E-state index contributed by atoms with van der Waals surface area (Å²) in [6.07, 6.45) is 2.05. The van der Waals surface area contributed by atoms with Crippen LogP contribution in [0.1, 0.15) is 5.56 Å². The van der Waals surface area contributed by atoms with Gasteiger partial charge in [0.2, 0.25) is 5.91 Å². The summed E-state index contributed by atoms with van der Waals surface area (Å²) >= 11 is 1.46. The number of amides is 1. The van der Waals surface area contributed by atoms with Gasteiger partial charge >= 0.3 is 5.16 Å². The van der Waals surface area contributed by atoms with Crippen molar-refractivity contribution in [2.75, 3.05) is 18.2 Å². The van der Waals surface area contributed by atoms with Crippen LogP contribution in [0.2, 0.25) is 0 Å². The summed E-state index contributed by atoms with van der Waals surface area (Å²) in [7, 11) is 1.65. The first kappa shape index (κ1) is 20.8. The van der Waals surface area contributed by atoms with E-state index in [-0.39, 0.29) is 5.91 Å². The summed E-state index contributed by atoms with van der Waals surface area (Å²) in [5.74, 6) is 1.05. The molecule has 0 fully saturated rings. The van der Waals surface area contributed by atoms with E-state index in [4.69, 9.17) is 4.74 Å². The molecule has 1 amide bonds. The second-order valence-electron chi connectivity index (χ2n) is 7.06. The number of H-pyrrole nitrogens is 1. The Morgan fingerprint density at radius 1 is 1.00 bits per heavy atom. The van der Waals surface area contributed by atoms with Gasteiger partial charge in [0.15, 0.2) is 5.69 Å². The Morgan fingerprint density at radius 2 is 1.71 bits per heavy atom. The van der Waals surface area contributed by atoms with Gasteiger partial charge < -0.3 is 10.1 Å². The van der Waals surface area contributed by atoms with E-state index in [1.54, 1.807) is 7.11 Å². The number of anilines is 1. The monoisotopic (exact) mass is 430 g/mol. The molecule has 0 spiro atoms. The van der Waals surface area contributed by atoms with Crippen LogP contribution in [0.15, 0.2) is 90.2 Å². The highest BCUT2D eigenvalue weighted by Gasteiger charge is 2.21. The van der Waals surface area contributed by atoms with Gasteiger partial charge in [0.05, 0.1) is 12.9 Å². The largest absolute Gasteiger partial charge is 0.497 e. The first-order valence-corrected chi connectivity index (χ1v) is 11.0. The number of rotatable bonds is 7. The van der Waals surface area contributed by atoms with E-state index in [1.807, 2.05) is 73.7 Å². The third-order valence-corrected chi connectivity index (χ3v) is 5.89. The summed E-state index contributed by atoms with van der Waals surface area (Å²) < 4.78 is 7.34. The van der Waals surface area contributed by atoms with Gasteiger partial charge in [0.25, 0.3) is 0 Å². The van der Waals surface area contributed by atoms with Crippen molar-refractivity contribution in [2.45, 2.75) is 12.1 Å². The zero-order valence-electron chi connectivity index (χ0n) is 17.5. The predicted octanol–water partition coefficient (Wildman–Crippen LogP) is 5.01. The number of aromatic nitrogens is 2. The van der Waals surface area contributed by atoms with E-state index in [9.17, 15) is 4.79 Å². The number of hydrogen-bond donors (Lipinski definition) is 2. The number of aromatic amines is 1. The van der Waals surface area contributed by atoms with E-state index in [0.29, 0.717) is 5.75 Å². The van der Waals surface area contributed by atoms with Gasteiger partial charge in [-0.05, 0) is 54.6 Å². The molecule has 0 unspecified atom stereocenters. The van der Waals surface area contributed by atoms with Crippen molar-refractivity contribution in [1.29, 1.82) is 0 Å². The van der Waals surface area contributed by atoms with Crippen molar-refractivity contribution < 1.29 is 14.1 Å². The molecule has 0 aliphatic carbocycles. The van der Waals surface area contributed by atoms with Gasteiger partial charge in [-0.2, -0.15) is 4.57 Å². The molecule has 31 heavy (non-hydrogen) atoms. The lowest BCUT2D eigenvalue weighted by molar-refractivity contribution is -0.634. The SMILES string of the molecule is COc1ccc(-[n+]2cc(-c3ccccc3)[nH]c2SCC(=O)Nc2ccccc2C)cc1. The van der Waals surface area contributed by atoms with Crippen molar-refractivity contribution in [3.05, 3.63) is 90.6 Å². The summed E-state index contributed by atoms with van der Waals surface area (Å²) in [4.78, 5) is 16.0. The molecule has 0 aliphatic rings. The van der Waals surface area contributed by atoms with Crippen molar-refractivity contribution in [1.82, 2.24) is 4.98 Å². The highest BCUT2D eigenvalue weighted by Crippen LogP contribution is 2.23. The van der Waals surface area contributed by atoms with Crippen molar-refractivity contribution in [3.63, 3.8) is 0 Å². The number of ether oxygens (including phenoxy) is 1. The van der Waals surface area contributed by atoms with Crippen LogP contribution in [0.25, 0.3) is 16.9 Å². The number of thioether (sulfide) groups is 1. The first-order valence-electron chi connectivity index (χ1n) is 9.97. The molecule has 3 aromatic carbocycles. The van der Waals surface area contributed by atoms with Crippen molar-refractivity contribution >= 4 is 23.4 Å². The molecule has 1 heterocycles. The maximum absolute atomic E-state index is 12.6. The molecule has 0 saturated heterocycles. The van der Waals surface area contributed by atoms with Crippen molar-refractivity contribution in [3.8, 4) is 22.7 Å². The summed E-state index contributed by atoms with van der Waals surface area (Å²) in [6, 6.07) is 25.8. The lowest BCUT2D eigenvalue weighted by Crippen LogP contribution is -2.31. The summed E-state index contributed by atoms with van der Waals surface area (Å²) in [5.41, 5.74) is 4.94. The standard InChI is InChI=1S/C25H23N3O2S/c1-18-8-6-7-11-22(18)26-24(29)17-31-25-27-23(19-9-4-3-5-10-19)16-28(25)20-12-14-21(30-2)15-13-20/h3-16H,17H2,1-2H3,(H,26,29)/p+1. The molecular weight excluding hydrogens is 406 g/mol. The molecule has 156 valence electrons. The maximum atomic E-state index is 12.6. The lowest BCUT2D eigenvalue weighted by atomic mass is 10.2. The highest BCUT2D eigenvalue weighted by molar-refractivity contribution is 7.99.